The number of hydrogen-bond acceptors (Lipinski definition) is 7. The summed E-state index contributed by atoms with van der Waals surface area (Å²) in [7, 11) is 1.43. The predicted octanol–water partition coefficient (Wildman–Crippen LogP) is 1.85. The number of amides is 1. The zero-order valence-corrected chi connectivity index (χ0v) is 18.0. The lowest BCUT2D eigenvalue weighted by molar-refractivity contribution is -0.139. The predicted molar refractivity (Wildman–Crippen MR) is 114 cm³/mol. The number of nitrogens with zero attached hydrogens (tertiary/aromatic N) is 3. The average molecular weight is 419 g/mol. The van der Waals surface area contributed by atoms with Crippen molar-refractivity contribution >= 4 is 17.4 Å². The molecule has 1 aliphatic carbocycles. The molecule has 8 heteroatoms. The summed E-state index contributed by atoms with van der Waals surface area (Å²) in [6.07, 6.45) is 6.67. The highest BCUT2D eigenvalue weighted by molar-refractivity contribution is 5.86. The van der Waals surface area contributed by atoms with Gasteiger partial charge in [0, 0.05) is 32.8 Å². The zero-order valence-electron chi connectivity index (χ0n) is 18.0. The van der Waals surface area contributed by atoms with Crippen molar-refractivity contribution in [2.24, 2.45) is 5.41 Å². The van der Waals surface area contributed by atoms with Crippen molar-refractivity contribution in [3.8, 4) is 0 Å². The Morgan fingerprint density at radius 2 is 2.03 bits per heavy atom. The van der Waals surface area contributed by atoms with Crippen LogP contribution in [-0.2, 0) is 9.53 Å². The number of piperidine rings is 1. The Hall–Kier alpha value is -1.90. The maximum absolute atomic E-state index is 13.5. The topological polar surface area (TPSA) is 98.2 Å². The van der Waals surface area contributed by atoms with Gasteiger partial charge in [-0.1, -0.05) is 0 Å². The van der Waals surface area contributed by atoms with E-state index in [4.69, 9.17) is 4.74 Å². The Morgan fingerprint density at radius 1 is 1.27 bits per heavy atom. The minimum atomic E-state index is -1.07. The van der Waals surface area contributed by atoms with Gasteiger partial charge in [-0.25, -0.2) is 4.98 Å². The molecule has 3 N–H and O–H groups in total. The second-order valence-corrected chi connectivity index (χ2v) is 9.11. The summed E-state index contributed by atoms with van der Waals surface area (Å²) in [5.41, 5.74) is 1.38. The van der Waals surface area contributed by atoms with E-state index in [-0.39, 0.29) is 17.6 Å². The first-order chi connectivity index (χ1) is 14.4. The van der Waals surface area contributed by atoms with E-state index in [0.717, 1.165) is 69.4 Å². The molecule has 2 saturated heterocycles. The molecule has 3 aliphatic rings. The van der Waals surface area contributed by atoms with E-state index in [0.29, 0.717) is 18.1 Å². The number of hydrogen-bond donors (Lipinski definition) is 3. The quantitative estimate of drug-likeness (QED) is 0.628. The van der Waals surface area contributed by atoms with Gasteiger partial charge in [0.15, 0.2) is 0 Å². The third kappa shape index (κ3) is 4.13. The SMILES string of the molecule is COC(O)Nc1cnc(N2CCC[C@@]3(CCN(C4CCC(O)CC4)C3=O)C2)c(C)c1. The van der Waals surface area contributed by atoms with Gasteiger partial charge in [0.25, 0.3) is 0 Å². The van der Waals surface area contributed by atoms with Crippen molar-refractivity contribution in [1.29, 1.82) is 0 Å². The Kier molecular flexibility index (Phi) is 6.18. The highest BCUT2D eigenvalue weighted by Gasteiger charge is 2.50. The summed E-state index contributed by atoms with van der Waals surface area (Å²) in [6, 6.07) is 2.23. The van der Waals surface area contributed by atoms with Crippen molar-refractivity contribution in [2.75, 3.05) is 37.0 Å². The number of ether oxygens (including phenoxy) is 1. The normalized spacial score (nSPS) is 30.7. The molecule has 1 saturated carbocycles. The van der Waals surface area contributed by atoms with E-state index in [9.17, 15) is 15.0 Å². The van der Waals surface area contributed by atoms with Crippen LogP contribution in [0.3, 0.4) is 0 Å². The molecule has 8 nitrogen and oxygen atoms in total. The summed E-state index contributed by atoms with van der Waals surface area (Å²) in [5, 5.41) is 22.2. The molecular weight excluding hydrogens is 384 g/mol. The molecule has 4 rings (SSSR count). The Morgan fingerprint density at radius 3 is 2.73 bits per heavy atom. The lowest BCUT2D eigenvalue weighted by atomic mass is 9.78. The Balaban J connectivity index is 1.46. The molecule has 1 unspecified atom stereocenters. The van der Waals surface area contributed by atoms with Crippen molar-refractivity contribution in [3.63, 3.8) is 0 Å². The summed E-state index contributed by atoms with van der Waals surface area (Å²) in [5.74, 6) is 1.20. The monoisotopic (exact) mass is 418 g/mol. The molecule has 3 fully saturated rings. The fourth-order valence-corrected chi connectivity index (χ4v) is 5.44. The van der Waals surface area contributed by atoms with Crippen LogP contribution in [0.15, 0.2) is 12.3 Å². The second kappa shape index (κ2) is 8.69. The second-order valence-electron chi connectivity index (χ2n) is 9.11. The van der Waals surface area contributed by atoms with Crippen LogP contribution < -0.4 is 10.2 Å². The van der Waals surface area contributed by atoms with Crippen molar-refractivity contribution in [2.45, 2.75) is 70.4 Å². The van der Waals surface area contributed by atoms with Crippen LogP contribution in [0.2, 0.25) is 0 Å². The standard InChI is InChI=1S/C22H34N4O4/c1-15-12-16(24-21(29)30-2)13-23-19(15)25-10-3-8-22(14-25)9-11-26(20(22)28)17-4-6-18(27)7-5-17/h12-13,17-18,21,24,27,29H,3-11,14H2,1-2H3/t17?,18?,21?,22-/m1/s1. The van der Waals surface area contributed by atoms with Gasteiger partial charge >= 0.3 is 0 Å². The number of aryl methyl sites for hydroxylation is 1. The van der Waals surface area contributed by atoms with Gasteiger partial charge in [-0.3, -0.25) is 4.79 Å². The number of rotatable bonds is 5. The number of methoxy groups -OCH3 is 1. The van der Waals surface area contributed by atoms with E-state index >= 15 is 0 Å². The summed E-state index contributed by atoms with van der Waals surface area (Å²) < 4.78 is 4.83. The van der Waals surface area contributed by atoms with E-state index in [2.05, 4.69) is 20.1 Å². The fourth-order valence-electron chi connectivity index (χ4n) is 5.44. The number of likely N-dealkylation sites (tertiary alicyclic amines) is 1. The van der Waals surface area contributed by atoms with Crippen molar-refractivity contribution in [1.82, 2.24) is 9.88 Å². The van der Waals surface area contributed by atoms with E-state index in [1.807, 2.05) is 13.0 Å². The van der Waals surface area contributed by atoms with E-state index < -0.39 is 6.41 Å². The van der Waals surface area contributed by atoms with Crippen LogP contribution in [0.1, 0.15) is 50.5 Å². The molecule has 3 heterocycles. The van der Waals surface area contributed by atoms with Gasteiger partial charge in [-0.2, -0.15) is 0 Å². The first-order valence-electron chi connectivity index (χ1n) is 11.1. The molecule has 2 aliphatic heterocycles. The number of carbonyl (C=O) groups excluding carboxylic acids is 1. The Labute approximate surface area is 178 Å². The van der Waals surface area contributed by atoms with Gasteiger partial charge in [0.2, 0.25) is 12.3 Å². The molecule has 1 aromatic heterocycles. The third-order valence-corrected chi connectivity index (χ3v) is 7.09. The zero-order chi connectivity index (χ0) is 21.3. The maximum atomic E-state index is 13.5. The van der Waals surface area contributed by atoms with Crippen LogP contribution in [0.5, 0.6) is 0 Å². The lowest BCUT2D eigenvalue weighted by Gasteiger charge is -2.41. The molecule has 30 heavy (non-hydrogen) atoms. The summed E-state index contributed by atoms with van der Waals surface area (Å²) >= 11 is 0. The molecule has 0 aromatic carbocycles. The largest absolute Gasteiger partial charge is 0.393 e. The molecule has 0 bridgehead atoms. The van der Waals surface area contributed by atoms with Gasteiger partial charge in [-0.05, 0) is 63.5 Å². The minimum Gasteiger partial charge on any atom is -0.393 e. The van der Waals surface area contributed by atoms with Crippen LogP contribution >= 0.6 is 0 Å². The number of anilines is 2. The highest BCUT2D eigenvalue weighted by Crippen LogP contribution is 2.43. The number of carbonyl (C=O) groups is 1. The van der Waals surface area contributed by atoms with Gasteiger partial charge < -0.3 is 30.1 Å². The fraction of sp³-hybridized carbons (Fsp3) is 0.727. The molecule has 2 atom stereocenters. The van der Waals surface area contributed by atoms with E-state index in [1.165, 1.54) is 7.11 Å². The van der Waals surface area contributed by atoms with E-state index in [1.54, 1.807) is 6.20 Å². The molecular formula is C22H34N4O4. The molecule has 1 aromatic rings. The molecule has 1 amide bonds. The number of nitrogens with one attached hydrogen (secondary N) is 1. The third-order valence-electron chi connectivity index (χ3n) is 7.09. The smallest absolute Gasteiger partial charge is 0.235 e. The lowest BCUT2D eigenvalue weighted by Crippen LogP contribution is -2.50. The number of pyridine rings is 1. The summed E-state index contributed by atoms with van der Waals surface area (Å²) in [6.45, 7) is 4.44. The molecule has 166 valence electrons. The van der Waals surface area contributed by atoms with Crippen LogP contribution in [0.4, 0.5) is 11.5 Å². The number of aliphatic hydroxyl groups is 2. The maximum Gasteiger partial charge on any atom is 0.235 e. The summed E-state index contributed by atoms with van der Waals surface area (Å²) in [4.78, 5) is 22.5. The Bertz CT molecular complexity index is 768. The van der Waals surface area contributed by atoms with Crippen molar-refractivity contribution in [3.05, 3.63) is 17.8 Å². The van der Waals surface area contributed by atoms with Gasteiger partial charge in [0.05, 0.1) is 23.4 Å². The van der Waals surface area contributed by atoms with Crippen molar-refractivity contribution < 1.29 is 19.7 Å². The van der Waals surface area contributed by atoms with Gasteiger partial charge in [-0.15, -0.1) is 0 Å². The van der Waals surface area contributed by atoms with Crippen LogP contribution in [-0.4, -0.2) is 71.3 Å². The highest BCUT2D eigenvalue weighted by atomic mass is 16.6. The van der Waals surface area contributed by atoms with Gasteiger partial charge in [0.1, 0.15) is 5.82 Å². The number of aliphatic hydroxyl groups excluding tert-OH is 2. The average Bonchev–Trinajstić information content (AvgIpc) is 3.04. The number of aromatic nitrogens is 1. The molecule has 0 radical (unpaired) electrons. The van der Waals surface area contributed by atoms with Crippen LogP contribution in [0, 0.1) is 12.3 Å². The minimum absolute atomic E-state index is 0.199. The van der Waals surface area contributed by atoms with Crippen LogP contribution in [0.25, 0.3) is 0 Å². The molecule has 1 spiro atoms. The first-order valence-corrected chi connectivity index (χ1v) is 11.1. The first kappa shape index (κ1) is 21.3.